The van der Waals surface area contributed by atoms with E-state index in [2.05, 4.69) is 35.2 Å². The lowest BCUT2D eigenvalue weighted by molar-refractivity contribution is 0.551. The molecule has 4 aromatic rings. The largest absolute Gasteiger partial charge is 0.422 e. The Labute approximate surface area is 132 Å². The summed E-state index contributed by atoms with van der Waals surface area (Å²) in [5.41, 5.74) is 2.24. The van der Waals surface area contributed by atoms with Crippen molar-refractivity contribution < 1.29 is 8.83 Å². The summed E-state index contributed by atoms with van der Waals surface area (Å²) in [6, 6.07) is 0.436. The van der Waals surface area contributed by atoms with Crippen molar-refractivity contribution in [2.24, 2.45) is 0 Å². The summed E-state index contributed by atoms with van der Waals surface area (Å²) in [5.74, 6) is 0.621. The molecule has 0 bridgehead atoms. The molecule has 0 unspecified atom stereocenters. The molecule has 9 heteroatoms. The van der Waals surface area contributed by atoms with Crippen LogP contribution in [0.15, 0.2) is 33.8 Å². The third-order valence-electron chi connectivity index (χ3n) is 2.44. The van der Waals surface area contributed by atoms with Crippen LogP contribution < -0.4 is 5.32 Å². The average molecular weight is 315 g/mol. The zero-order valence-corrected chi connectivity index (χ0v) is 13.3. The lowest BCUT2D eigenvalue weighted by atomic mass is 10.6. The Hall–Kier alpha value is -3.10. The summed E-state index contributed by atoms with van der Waals surface area (Å²) in [6.07, 6.45) is 6.20. The number of nitrogens with one attached hydrogen (secondary N) is 1. The maximum Gasteiger partial charge on any atom is 0.298 e. The molecule has 0 amide bonds. The van der Waals surface area contributed by atoms with E-state index >= 15 is 0 Å². The topological polar surface area (TPSA) is 116 Å². The van der Waals surface area contributed by atoms with E-state index in [1.807, 2.05) is 13.8 Å². The summed E-state index contributed by atoms with van der Waals surface area (Å²) in [7, 11) is 1.73. The fourth-order valence-electron chi connectivity index (χ4n) is 1.58. The standard InChI is InChI=1S/C6H6N4O.C6H5N3O.C2H6/c1-7-6-10-4-5(11-6)9-3-2-8-4;1-4-9-5-2-7-3-8-6(5)10-4;1-2/h2-3H,1H3,(H,7,8,10);2-3H,1H3;1-2H3. The van der Waals surface area contributed by atoms with E-state index in [0.29, 0.717) is 34.5 Å². The van der Waals surface area contributed by atoms with E-state index in [0.717, 1.165) is 0 Å². The minimum Gasteiger partial charge on any atom is -0.422 e. The summed E-state index contributed by atoms with van der Waals surface area (Å²) in [4.78, 5) is 23.5. The molecule has 0 fully saturated rings. The highest BCUT2D eigenvalue weighted by Gasteiger charge is 2.03. The van der Waals surface area contributed by atoms with Gasteiger partial charge in [-0.25, -0.2) is 19.9 Å². The normalized spacial score (nSPS) is 9.74. The molecule has 0 aliphatic rings. The van der Waals surface area contributed by atoms with Crippen LogP contribution in [0, 0.1) is 6.92 Å². The van der Waals surface area contributed by atoms with Gasteiger partial charge in [0.15, 0.2) is 5.89 Å². The van der Waals surface area contributed by atoms with Crippen LogP contribution >= 0.6 is 0 Å². The van der Waals surface area contributed by atoms with Gasteiger partial charge >= 0.3 is 0 Å². The fourth-order valence-corrected chi connectivity index (χ4v) is 1.58. The predicted molar refractivity (Wildman–Crippen MR) is 84.8 cm³/mol. The molecule has 0 saturated heterocycles. The van der Waals surface area contributed by atoms with Crippen molar-refractivity contribution in [1.82, 2.24) is 29.9 Å². The van der Waals surface area contributed by atoms with Gasteiger partial charge in [-0.05, 0) is 0 Å². The lowest BCUT2D eigenvalue weighted by Crippen LogP contribution is -1.85. The van der Waals surface area contributed by atoms with E-state index in [1.54, 1.807) is 32.6 Å². The van der Waals surface area contributed by atoms with Crippen LogP contribution in [0.2, 0.25) is 0 Å². The van der Waals surface area contributed by atoms with Gasteiger partial charge < -0.3 is 14.2 Å². The highest BCUT2D eigenvalue weighted by Crippen LogP contribution is 2.12. The van der Waals surface area contributed by atoms with E-state index in [4.69, 9.17) is 8.83 Å². The van der Waals surface area contributed by atoms with Crippen molar-refractivity contribution in [3.05, 3.63) is 30.8 Å². The molecular weight excluding hydrogens is 298 g/mol. The Morgan fingerprint density at radius 2 is 1.74 bits per heavy atom. The van der Waals surface area contributed by atoms with Crippen LogP contribution in [-0.2, 0) is 0 Å². The molecule has 0 spiro atoms. The monoisotopic (exact) mass is 315 g/mol. The van der Waals surface area contributed by atoms with Gasteiger partial charge in [-0.1, -0.05) is 13.8 Å². The van der Waals surface area contributed by atoms with Crippen LogP contribution in [0.1, 0.15) is 19.7 Å². The maximum absolute atomic E-state index is 5.12. The minimum absolute atomic E-state index is 0.436. The Balaban J connectivity index is 0.000000152. The number of aromatic nitrogens is 6. The second-order valence-electron chi connectivity index (χ2n) is 3.90. The van der Waals surface area contributed by atoms with Gasteiger partial charge in [-0.3, -0.25) is 0 Å². The molecule has 4 heterocycles. The number of oxazole rings is 2. The van der Waals surface area contributed by atoms with Crippen molar-refractivity contribution in [2.75, 3.05) is 12.4 Å². The molecule has 0 aliphatic carbocycles. The maximum atomic E-state index is 5.12. The first-order chi connectivity index (χ1) is 11.3. The first-order valence-electron chi connectivity index (χ1n) is 7.04. The van der Waals surface area contributed by atoms with Gasteiger partial charge in [0, 0.05) is 26.4 Å². The van der Waals surface area contributed by atoms with Gasteiger partial charge in [0.2, 0.25) is 11.4 Å². The molecule has 0 aromatic carbocycles. The fraction of sp³-hybridized carbons (Fsp3) is 0.286. The average Bonchev–Trinajstić information content (AvgIpc) is 3.18. The Kier molecular flexibility index (Phi) is 5.50. The molecule has 4 aromatic heterocycles. The Morgan fingerprint density at radius 3 is 2.43 bits per heavy atom. The number of hydrogen-bond donors (Lipinski definition) is 1. The Morgan fingerprint density at radius 1 is 0.957 bits per heavy atom. The third-order valence-corrected chi connectivity index (χ3v) is 2.44. The lowest BCUT2D eigenvalue weighted by Gasteiger charge is -1.83. The molecule has 120 valence electrons. The third kappa shape index (κ3) is 3.96. The SMILES string of the molecule is CC.CNc1nc2nccnc2o1.Cc1nc2cncnc2o1. The van der Waals surface area contributed by atoms with Crippen molar-refractivity contribution in [3.63, 3.8) is 0 Å². The molecule has 23 heavy (non-hydrogen) atoms. The molecular formula is C14H17N7O2. The van der Waals surface area contributed by atoms with Crippen molar-refractivity contribution in [3.8, 4) is 0 Å². The summed E-state index contributed by atoms with van der Waals surface area (Å²) >= 11 is 0. The number of hydrogen-bond acceptors (Lipinski definition) is 9. The van der Waals surface area contributed by atoms with Gasteiger partial charge in [-0.15, -0.1) is 0 Å². The van der Waals surface area contributed by atoms with E-state index in [9.17, 15) is 0 Å². The summed E-state index contributed by atoms with van der Waals surface area (Å²) < 4.78 is 10.2. The molecule has 0 aliphatic heterocycles. The first-order valence-corrected chi connectivity index (χ1v) is 7.04. The number of fused-ring (bicyclic) bond motifs is 2. The molecule has 0 atom stereocenters. The summed E-state index contributed by atoms with van der Waals surface area (Å²) in [6.45, 7) is 5.78. The van der Waals surface area contributed by atoms with Crippen molar-refractivity contribution >= 4 is 28.6 Å². The summed E-state index contributed by atoms with van der Waals surface area (Å²) in [5, 5.41) is 2.76. The highest BCUT2D eigenvalue weighted by molar-refractivity contribution is 5.65. The van der Waals surface area contributed by atoms with Gasteiger partial charge in [0.25, 0.3) is 11.7 Å². The Bertz CT molecular complexity index is 805. The molecule has 1 N–H and O–H groups in total. The van der Waals surface area contributed by atoms with Gasteiger partial charge in [-0.2, -0.15) is 9.97 Å². The molecule has 9 nitrogen and oxygen atoms in total. The number of rotatable bonds is 1. The van der Waals surface area contributed by atoms with Crippen LogP contribution in [0.4, 0.5) is 6.01 Å². The van der Waals surface area contributed by atoms with E-state index < -0.39 is 0 Å². The second kappa shape index (κ2) is 7.78. The van der Waals surface area contributed by atoms with Crippen LogP contribution in [0.5, 0.6) is 0 Å². The van der Waals surface area contributed by atoms with Crippen LogP contribution in [0.3, 0.4) is 0 Å². The zero-order chi connectivity index (χ0) is 16.7. The predicted octanol–water partition coefficient (Wildman–Crippen LogP) is 2.61. The number of aryl methyl sites for hydroxylation is 1. The van der Waals surface area contributed by atoms with Crippen LogP contribution in [-0.4, -0.2) is 37.0 Å². The molecule has 0 saturated carbocycles. The van der Waals surface area contributed by atoms with Gasteiger partial charge in [0.05, 0.1) is 6.20 Å². The van der Waals surface area contributed by atoms with Crippen molar-refractivity contribution in [2.45, 2.75) is 20.8 Å². The van der Waals surface area contributed by atoms with Crippen LogP contribution in [0.25, 0.3) is 22.6 Å². The minimum atomic E-state index is 0.436. The smallest absolute Gasteiger partial charge is 0.298 e. The van der Waals surface area contributed by atoms with Gasteiger partial charge in [0.1, 0.15) is 11.8 Å². The van der Waals surface area contributed by atoms with E-state index in [-0.39, 0.29) is 0 Å². The van der Waals surface area contributed by atoms with Crippen molar-refractivity contribution in [1.29, 1.82) is 0 Å². The zero-order valence-electron chi connectivity index (χ0n) is 13.3. The molecule has 4 rings (SSSR count). The number of nitrogens with zero attached hydrogens (tertiary/aromatic N) is 6. The quantitative estimate of drug-likeness (QED) is 0.565. The molecule has 0 radical (unpaired) electrons. The van der Waals surface area contributed by atoms with E-state index in [1.165, 1.54) is 6.33 Å². The number of anilines is 1. The second-order valence-corrected chi connectivity index (χ2v) is 3.90. The first kappa shape index (κ1) is 16.3. The highest BCUT2D eigenvalue weighted by atomic mass is 16.4.